The number of hydrogen-bond donors (Lipinski definition) is 0. The number of likely N-dealkylation sites (N-methyl/N-ethyl adjacent to an activating group) is 1. The molecule has 2 aliphatic rings. The Kier molecular flexibility index (Phi) is 4.51. The molecule has 0 aromatic carbocycles. The normalized spacial score (nSPS) is 26.3. The van der Waals surface area contributed by atoms with Crippen molar-refractivity contribution in [3.63, 3.8) is 0 Å². The van der Waals surface area contributed by atoms with Gasteiger partial charge in [-0.25, -0.2) is 0 Å². The van der Waals surface area contributed by atoms with Gasteiger partial charge >= 0.3 is 0 Å². The number of rotatable bonds is 3. The van der Waals surface area contributed by atoms with E-state index >= 15 is 0 Å². The highest BCUT2D eigenvalue weighted by atomic mass is 16.7. The summed E-state index contributed by atoms with van der Waals surface area (Å²) in [5.41, 5.74) is -0.00724. The molecule has 2 amide bonds. The van der Waals surface area contributed by atoms with Crippen LogP contribution in [0.4, 0.5) is 0 Å². The van der Waals surface area contributed by atoms with Crippen molar-refractivity contribution in [2.24, 2.45) is 5.16 Å². The summed E-state index contributed by atoms with van der Waals surface area (Å²) >= 11 is 0. The van der Waals surface area contributed by atoms with Gasteiger partial charge in [-0.05, 0) is 13.8 Å². The van der Waals surface area contributed by atoms with E-state index in [9.17, 15) is 9.59 Å². The van der Waals surface area contributed by atoms with Crippen molar-refractivity contribution in [3.8, 4) is 0 Å². The summed E-state index contributed by atoms with van der Waals surface area (Å²) in [7, 11) is 3.51. The van der Waals surface area contributed by atoms with Crippen LogP contribution in [0.25, 0.3) is 0 Å². The zero-order valence-corrected chi connectivity index (χ0v) is 13.3. The van der Waals surface area contributed by atoms with E-state index in [1.54, 1.807) is 25.9 Å². The first kappa shape index (κ1) is 15.8. The van der Waals surface area contributed by atoms with E-state index in [0.29, 0.717) is 39.1 Å². The zero-order chi connectivity index (χ0) is 15.6. The number of piperazine rings is 1. The van der Waals surface area contributed by atoms with Gasteiger partial charge in [0.15, 0.2) is 0 Å². The van der Waals surface area contributed by atoms with E-state index < -0.39 is 5.60 Å². The van der Waals surface area contributed by atoms with E-state index in [1.165, 1.54) is 0 Å². The van der Waals surface area contributed by atoms with Crippen LogP contribution in [0.5, 0.6) is 0 Å². The standard InChI is InChI=1S/C14H24N4O3/c1-11-9-14(2,21-15-11)13(20)18-7-5-17(6-8-18)10-12(19)16(3)4/h5-10H2,1-4H3/t14-/m1/s1. The molecular formula is C14H24N4O3. The van der Waals surface area contributed by atoms with E-state index in [-0.39, 0.29) is 11.8 Å². The monoisotopic (exact) mass is 296 g/mol. The Labute approximate surface area is 125 Å². The lowest BCUT2D eigenvalue weighted by Gasteiger charge is -2.37. The minimum absolute atomic E-state index is 0.0123. The summed E-state index contributed by atoms with van der Waals surface area (Å²) in [5.74, 6) is 0.0755. The molecule has 0 spiro atoms. The van der Waals surface area contributed by atoms with Gasteiger partial charge in [-0.1, -0.05) is 5.16 Å². The molecule has 0 radical (unpaired) electrons. The van der Waals surface area contributed by atoms with Crippen LogP contribution in [0.3, 0.4) is 0 Å². The first-order valence-electron chi connectivity index (χ1n) is 7.25. The fourth-order valence-electron chi connectivity index (χ4n) is 2.62. The Morgan fingerprint density at radius 3 is 2.38 bits per heavy atom. The molecule has 2 rings (SSSR count). The van der Waals surface area contributed by atoms with Gasteiger partial charge in [-0.15, -0.1) is 0 Å². The summed E-state index contributed by atoms with van der Waals surface area (Å²) in [4.78, 5) is 35.0. The Morgan fingerprint density at radius 1 is 1.29 bits per heavy atom. The lowest BCUT2D eigenvalue weighted by atomic mass is 9.98. The molecule has 0 unspecified atom stereocenters. The third kappa shape index (κ3) is 3.53. The van der Waals surface area contributed by atoms with Crippen LogP contribution < -0.4 is 0 Å². The molecule has 21 heavy (non-hydrogen) atoms. The molecular weight excluding hydrogens is 272 g/mol. The van der Waals surface area contributed by atoms with Crippen LogP contribution in [0.2, 0.25) is 0 Å². The number of nitrogens with zero attached hydrogens (tertiary/aromatic N) is 4. The minimum Gasteiger partial charge on any atom is -0.379 e. The largest absolute Gasteiger partial charge is 0.379 e. The van der Waals surface area contributed by atoms with Crippen LogP contribution >= 0.6 is 0 Å². The average Bonchev–Trinajstić information content (AvgIpc) is 2.79. The van der Waals surface area contributed by atoms with Crippen LogP contribution in [-0.4, -0.2) is 84.6 Å². The molecule has 0 N–H and O–H groups in total. The predicted octanol–water partition coefficient (Wildman–Crippen LogP) is -0.226. The Morgan fingerprint density at radius 2 is 1.90 bits per heavy atom. The number of amides is 2. The Bertz CT molecular complexity index is 455. The summed E-state index contributed by atoms with van der Waals surface area (Å²) < 4.78 is 0. The number of hydrogen-bond acceptors (Lipinski definition) is 5. The van der Waals surface area contributed by atoms with Crippen LogP contribution in [0, 0.1) is 0 Å². The molecule has 7 heteroatoms. The highest BCUT2D eigenvalue weighted by molar-refractivity contribution is 5.94. The van der Waals surface area contributed by atoms with Gasteiger partial charge in [0.05, 0.1) is 12.3 Å². The lowest BCUT2D eigenvalue weighted by Crippen LogP contribution is -2.56. The third-order valence-corrected chi connectivity index (χ3v) is 3.97. The molecule has 1 saturated heterocycles. The highest BCUT2D eigenvalue weighted by Gasteiger charge is 2.43. The summed E-state index contributed by atoms with van der Waals surface area (Å²) in [5, 5.41) is 3.89. The van der Waals surface area contributed by atoms with Gasteiger partial charge in [0.25, 0.3) is 5.91 Å². The lowest BCUT2D eigenvalue weighted by molar-refractivity contribution is -0.155. The molecule has 0 aliphatic carbocycles. The third-order valence-electron chi connectivity index (χ3n) is 3.97. The second kappa shape index (κ2) is 6.01. The topological polar surface area (TPSA) is 65.5 Å². The van der Waals surface area contributed by atoms with E-state index in [4.69, 9.17) is 4.84 Å². The van der Waals surface area contributed by atoms with Crippen molar-refractivity contribution in [2.45, 2.75) is 25.9 Å². The van der Waals surface area contributed by atoms with E-state index in [2.05, 4.69) is 10.1 Å². The van der Waals surface area contributed by atoms with Crippen molar-refractivity contribution in [3.05, 3.63) is 0 Å². The first-order valence-corrected chi connectivity index (χ1v) is 7.25. The maximum atomic E-state index is 12.5. The van der Waals surface area contributed by atoms with E-state index in [1.807, 2.05) is 11.8 Å². The van der Waals surface area contributed by atoms with Gasteiger partial charge in [0, 0.05) is 46.7 Å². The smallest absolute Gasteiger partial charge is 0.269 e. The quantitative estimate of drug-likeness (QED) is 0.722. The van der Waals surface area contributed by atoms with E-state index in [0.717, 1.165) is 5.71 Å². The maximum Gasteiger partial charge on any atom is 0.269 e. The zero-order valence-electron chi connectivity index (χ0n) is 13.3. The molecule has 2 heterocycles. The van der Waals surface area contributed by atoms with Crippen molar-refractivity contribution in [2.75, 3.05) is 46.8 Å². The molecule has 0 saturated carbocycles. The van der Waals surface area contributed by atoms with Crippen LogP contribution in [0.15, 0.2) is 5.16 Å². The Balaban J connectivity index is 1.84. The second-order valence-corrected chi connectivity index (χ2v) is 6.18. The molecule has 118 valence electrons. The molecule has 0 aromatic rings. The molecule has 0 bridgehead atoms. The van der Waals surface area contributed by atoms with Crippen molar-refractivity contribution < 1.29 is 14.4 Å². The first-order chi connectivity index (χ1) is 9.82. The minimum atomic E-state index is -0.855. The van der Waals surface area contributed by atoms with Gasteiger partial charge in [0.2, 0.25) is 11.5 Å². The molecule has 1 fully saturated rings. The summed E-state index contributed by atoms with van der Waals surface area (Å²) in [6.07, 6.45) is 0.547. The van der Waals surface area contributed by atoms with Gasteiger partial charge < -0.3 is 14.6 Å². The summed E-state index contributed by atoms with van der Waals surface area (Å²) in [6.45, 7) is 6.73. The van der Waals surface area contributed by atoms with Crippen LogP contribution in [-0.2, 0) is 14.4 Å². The maximum absolute atomic E-state index is 12.5. The highest BCUT2D eigenvalue weighted by Crippen LogP contribution is 2.26. The fraction of sp³-hybridized carbons (Fsp3) is 0.786. The molecule has 2 aliphatic heterocycles. The number of carbonyl (C=O) groups excluding carboxylic acids is 2. The van der Waals surface area contributed by atoms with Crippen molar-refractivity contribution in [1.29, 1.82) is 0 Å². The SMILES string of the molecule is CC1=NO[C@@](C)(C(=O)N2CCN(CC(=O)N(C)C)CC2)C1. The fourth-order valence-corrected chi connectivity index (χ4v) is 2.62. The molecule has 7 nitrogen and oxygen atoms in total. The summed E-state index contributed by atoms with van der Waals surface area (Å²) in [6, 6.07) is 0. The van der Waals surface area contributed by atoms with Crippen LogP contribution in [0.1, 0.15) is 20.3 Å². The van der Waals surface area contributed by atoms with Crippen molar-refractivity contribution in [1.82, 2.24) is 14.7 Å². The molecule has 0 aromatic heterocycles. The van der Waals surface area contributed by atoms with Crippen molar-refractivity contribution >= 4 is 17.5 Å². The number of carbonyl (C=O) groups is 2. The predicted molar refractivity (Wildman–Crippen MR) is 78.9 cm³/mol. The number of oxime groups is 1. The van der Waals surface area contributed by atoms with Gasteiger partial charge in [-0.2, -0.15) is 0 Å². The van der Waals surface area contributed by atoms with Gasteiger partial charge in [0.1, 0.15) is 0 Å². The van der Waals surface area contributed by atoms with Gasteiger partial charge in [-0.3, -0.25) is 14.5 Å². The molecule has 1 atom stereocenters. The average molecular weight is 296 g/mol. The Hall–Kier alpha value is -1.63. The second-order valence-electron chi connectivity index (χ2n) is 6.18.